The van der Waals surface area contributed by atoms with Crippen LogP contribution in [-0.4, -0.2) is 61.8 Å². The number of rotatable bonds is 6. The smallest absolute Gasteiger partial charge is 0.191 e. The summed E-state index contributed by atoms with van der Waals surface area (Å²) in [6, 6.07) is 0.456. The molecule has 3 atom stereocenters. The minimum Gasteiger partial charge on any atom is -0.373 e. The van der Waals surface area contributed by atoms with Crippen LogP contribution < -0.4 is 10.6 Å². The Kier molecular flexibility index (Phi) is 8.57. The lowest BCUT2D eigenvalue weighted by atomic mass is 9.95. The van der Waals surface area contributed by atoms with E-state index >= 15 is 0 Å². The lowest BCUT2D eigenvalue weighted by molar-refractivity contribution is 0.0992. The summed E-state index contributed by atoms with van der Waals surface area (Å²) in [6.07, 6.45) is 8.34. The standard InChI is InChI=1S/C18H34N4O.HI/c1-3-9-22-10-7-14(8-11-22)13-20-18(19-4-2)21-16-12-15-5-6-17(16)23-15;/h14-17H,3-13H2,1-2H3,(H2,19,20,21);1H. The van der Waals surface area contributed by atoms with Gasteiger partial charge in [-0.1, -0.05) is 6.92 Å². The van der Waals surface area contributed by atoms with Crippen LogP contribution in [0.3, 0.4) is 0 Å². The normalized spacial score (nSPS) is 31.1. The van der Waals surface area contributed by atoms with E-state index in [0.717, 1.165) is 31.4 Å². The van der Waals surface area contributed by atoms with Crippen molar-refractivity contribution < 1.29 is 4.74 Å². The van der Waals surface area contributed by atoms with Gasteiger partial charge < -0.3 is 20.3 Å². The van der Waals surface area contributed by atoms with Crippen molar-refractivity contribution in [3.63, 3.8) is 0 Å². The first kappa shape index (κ1) is 20.2. The van der Waals surface area contributed by atoms with Gasteiger partial charge >= 0.3 is 0 Å². The molecule has 0 aliphatic carbocycles. The Bertz CT molecular complexity index is 398. The van der Waals surface area contributed by atoms with Crippen molar-refractivity contribution in [3.05, 3.63) is 0 Å². The zero-order valence-electron chi connectivity index (χ0n) is 15.3. The third-order valence-electron chi connectivity index (χ3n) is 5.53. The quantitative estimate of drug-likeness (QED) is 0.371. The summed E-state index contributed by atoms with van der Waals surface area (Å²) in [5, 5.41) is 7.03. The van der Waals surface area contributed by atoms with Gasteiger partial charge in [-0.25, -0.2) is 0 Å². The van der Waals surface area contributed by atoms with Crippen LogP contribution in [0.5, 0.6) is 0 Å². The van der Waals surface area contributed by atoms with Crippen LogP contribution in [0.1, 0.15) is 52.4 Å². The molecule has 2 bridgehead atoms. The van der Waals surface area contributed by atoms with Gasteiger partial charge in [-0.05, 0) is 71.0 Å². The molecule has 0 aromatic carbocycles. The number of hydrogen-bond donors (Lipinski definition) is 2. The molecule has 2 N–H and O–H groups in total. The van der Waals surface area contributed by atoms with Crippen LogP contribution in [0.4, 0.5) is 0 Å². The van der Waals surface area contributed by atoms with Crippen molar-refractivity contribution >= 4 is 29.9 Å². The molecule has 3 rings (SSSR count). The molecule has 0 saturated carbocycles. The van der Waals surface area contributed by atoms with E-state index in [9.17, 15) is 0 Å². The van der Waals surface area contributed by atoms with Crippen LogP contribution in [0.2, 0.25) is 0 Å². The second-order valence-corrected chi connectivity index (χ2v) is 7.37. The molecular formula is C18H35IN4O. The van der Waals surface area contributed by atoms with Gasteiger partial charge in [0.25, 0.3) is 0 Å². The third-order valence-corrected chi connectivity index (χ3v) is 5.53. The lowest BCUT2D eigenvalue weighted by Gasteiger charge is -2.31. The average Bonchev–Trinajstić information content (AvgIpc) is 3.17. The largest absolute Gasteiger partial charge is 0.373 e. The maximum atomic E-state index is 5.94. The van der Waals surface area contributed by atoms with E-state index in [4.69, 9.17) is 9.73 Å². The Morgan fingerprint density at radius 1 is 1.17 bits per heavy atom. The van der Waals surface area contributed by atoms with E-state index in [0.29, 0.717) is 18.2 Å². The van der Waals surface area contributed by atoms with Gasteiger partial charge in [-0.15, -0.1) is 24.0 Å². The maximum absolute atomic E-state index is 5.94. The minimum atomic E-state index is 0. The summed E-state index contributed by atoms with van der Waals surface area (Å²) in [7, 11) is 0. The topological polar surface area (TPSA) is 48.9 Å². The summed E-state index contributed by atoms with van der Waals surface area (Å²) in [5.74, 6) is 1.74. The molecule has 0 spiro atoms. The summed E-state index contributed by atoms with van der Waals surface area (Å²) >= 11 is 0. The number of fused-ring (bicyclic) bond motifs is 2. The molecule has 0 radical (unpaired) electrons. The summed E-state index contributed by atoms with van der Waals surface area (Å²) in [5.41, 5.74) is 0. The number of guanidine groups is 1. The zero-order valence-corrected chi connectivity index (χ0v) is 17.6. The van der Waals surface area contributed by atoms with Crippen LogP contribution in [-0.2, 0) is 4.74 Å². The Balaban J connectivity index is 0.00000208. The highest BCUT2D eigenvalue weighted by atomic mass is 127. The van der Waals surface area contributed by atoms with Crippen molar-refractivity contribution in [1.82, 2.24) is 15.5 Å². The lowest BCUT2D eigenvalue weighted by Crippen LogP contribution is -2.47. The first-order valence-corrected chi connectivity index (χ1v) is 9.71. The van der Waals surface area contributed by atoms with Crippen LogP contribution >= 0.6 is 24.0 Å². The van der Waals surface area contributed by atoms with E-state index < -0.39 is 0 Å². The molecule has 3 fully saturated rings. The highest BCUT2D eigenvalue weighted by Crippen LogP contribution is 2.34. The highest BCUT2D eigenvalue weighted by molar-refractivity contribution is 14.0. The Morgan fingerprint density at radius 2 is 1.96 bits per heavy atom. The Hall–Kier alpha value is -0.0800. The molecule has 24 heavy (non-hydrogen) atoms. The number of aliphatic imine (C=N–C) groups is 1. The molecule has 3 unspecified atom stereocenters. The van der Waals surface area contributed by atoms with Crippen molar-refractivity contribution in [2.24, 2.45) is 10.9 Å². The molecule has 3 aliphatic heterocycles. The van der Waals surface area contributed by atoms with Crippen molar-refractivity contribution in [2.75, 3.05) is 32.7 Å². The van der Waals surface area contributed by atoms with Gasteiger partial charge in [0.1, 0.15) is 0 Å². The van der Waals surface area contributed by atoms with Crippen LogP contribution in [0.25, 0.3) is 0 Å². The van der Waals surface area contributed by atoms with Gasteiger partial charge in [0, 0.05) is 13.1 Å². The minimum absolute atomic E-state index is 0. The SMILES string of the molecule is CCCN1CCC(CN=C(NCC)NC2CC3CCC2O3)CC1.I. The Labute approximate surface area is 164 Å². The van der Waals surface area contributed by atoms with E-state index in [1.165, 1.54) is 51.7 Å². The fourth-order valence-electron chi connectivity index (χ4n) is 4.21. The molecule has 0 aromatic rings. The molecule has 0 amide bonds. The van der Waals surface area contributed by atoms with Gasteiger partial charge in [0.2, 0.25) is 0 Å². The molecule has 0 aromatic heterocycles. The predicted octanol–water partition coefficient (Wildman–Crippen LogP) is 2.60. The fourth-order valence-corrected chi connectivity index (χ4v) is 4.21. The van der Waals surface area contributed by atoms with Crippen molar-refractivity contribution in [3.8, 4) is 0 Å². The average molecular weight is 450 g/mol. The van der Waals surface area contributed by atoms with Gasteiger partial charge in [0.05, 0.1) is 18.2 Å². The summed E-state index contributed by atoms with van der Waals surface area (Å²) < 4.78 is 5.94. The van der Waals surface area contributed by atoms with Gasteiger partial charge in [-0.2, -0.15) is 0 Å². The molecule has 6 heteroatoms. The molecular weight excluding hydrogens is 415 g/mol. The van der Waals surface area contributed by atoms with E-state index in [2.05, 4.69) is 29.4 Å². The molecule has 140 valence electrons. The fraction of sp³-hybridized carbons (Fsp3) is 0.944. The highest BCUT2D eigenvalue weighted by Gasteiger charge is 2.41. The van der Waals surface area contributed by atoms with Crippen LogP contribution in [0, 0.1) is 5.92 Å². The van der Waals surface area contributed by atoms with Crippen molar-refractivity contribution in [1.29, 1.82) is 0 Å². The maximum Gasteiger partial charge on any atom is 0.191 e. The second-order valence-electron chi connectivity index (χ2n) is 7.37. The zero-order chi connectivity index (χ0) is 16.1. The number of piperidine rings is 1. The summed E-state index contributed by atoms with van der Waals surface area (Å²) in [4.78, 5) is 7.47. The predicted molar refractivity (Wildman–Crippen MR) is 110 cm³/mol. The second kappa shape index (κ2) is 10.2. The summed E-state index contributed by atoms with van der Waals surface area (Å²) in [6.45, 7) is 10.0. The monoisotopic (exact) mass is 450 g/mol. The third kappa shape index (κ3) is 5.46. The van der Waals surface area contributed by atoms with E-state index in [1.807, 2.05) is 0 Å². The van der Waals surface area contributed by atoms with Gasteiger partial charge in [0.15, 0.2) is 5.96 Å². The first-order valence-electron chi connectivity index (χ1n) is 9.71. The number of ether oxygens (including phenoxy) is 1. The number of halogens is 1. The molecule has 3 aliphatic rings. The number of nitrogens with zero attached hydrogens (tertiary/aromatic N) is 2. The molecule has 5 nitrogen and oxygen atoms in total. The van der Waals surface area contributed by atoms with E-state index in [1.54, 1.807) is 0 Å². The number of nitrogens with one attached hydrogen (secondary N) is 2. The van der Waals surface area contributed by atoms with Crippen molar-refractivity contribution in [2.45, 2.75) is 70.6 Å². The number of likely N-dealkylation sites (tertiary alicyclic amines) is 1. The van der Waals surface area contributed by atoms with E-state index in [-0.39, 0.29) is 24.0 Å². The Morgan fingerprint density at radius 3 is 2.54 bits per heavy atom. The molecule has 3 saturated heterocycles. The van der Waals surface area contributed by atoms with Crippen LogP contribution in [0.15, 0.2) is 4.99 Å². The van der Waals surface area contributed by atoms with Gasteiger partial charge in [-0.3, -0.25) is 4.99 Å². The molecule has 3 heterocycles. The first-order chi connectivity index (χ1) is 11.3. The number of hydrogen-bond acceptors (Lipinski definition) is 3.